The van der Waals surface area contributed by atoms with Crippen LogP contribution in [0, 0.1) is 5.41 Å². The van der Waals surface area contributed by atoms with Crippen molar-refractivity contribution in [3.63, 3.8) is 0 Å². The van der Waals surface area contributed by atoms with E-state index in [0.717, 1.165) is 56.0 Å². The van der Waals surface area contributed by atoms with Crippen LogP contribution in [0.4, 0.5) is 11.8 Å². The van der Waals surface area contributed by atoms with E-state index in [2.05, 4.69) is 39.2 Å². The molecule has 2 aromatic rings. The minimum absolute atomic E-state index is 0.0800. The second-order valence-corrected chi connectivity index (χ2v) is 8.66. The predicted molar refractivity (Wildman–Crippen MR) is 105 cm³/mol. The highest BCUT2D eigenvalue weighted by molar-refractivity contribution is 6.29. The van der Waals surface area contributed by atoms with E-state index in [-0.39, 0.29) is 17.6 Å². The molecule has 1 fully saturated rings. The van der Waals surface area contributed by atoms with Crippen LogP contribution in [-0.2, 0) is 6.42 Å². The summed E-state index contributed by atoms with van der Waals surface area (Å²) in [5, 5.41) is 21.6. The normalized spacial score (nSPS) is 22.4. The van der Waals surface area contributed by atoms with Crippen LogP contribution in [0.25, 0.3) is 0 Å². The molecule has 3 heterocycles. The van der Waals surface area contributed by atoms with Crippen LogP contribution in [0.2, 0.25) is 5.15 Å². The summed E-state index contributed by atoms with van der Waals surface area (Å²) < 4.78 is 0. The summed E-state index contributed by atoms with van der Waals surface area (Å²) in [6.45, 7) is 6.12. The molecular formula is C19H25ClN6O. The third-order valence-electron chi connectivity index (χ3n) is 5.37. The van der Waals surface area contributed by atoms with Crippen LogP contribution in [0.5, 0.6) is 0 Å². The minimum atomic E-state index is -0.202. The van der Waals surface area contributed by atoms with Crippen molar-refractivity contribution >= 4 is 23.4 Å². The molecule has 7 nitrogen and oxygen atoms in total. The zero-order valence-corrected chi connectivity index (χ0v) is 16.4. The lowest BCUT2D eigenvalue weighted by Crippen LogP contribution is -2.38. The van der Waals surface area contributed by atoms with Crippen molar-refractivity contribution < 1.29 is 5.11 Å². The van der Waals surface area contributed by atoms with Gasteiger partial charge in [-0.3, -0.25) is 0 Å². The molecule has 2 aromatic heterocycles. The van der Waals surface area contributed by atoms with Crippen molar-refractivity contribution in [3.8, 4) is 0 Å². The van der Waals surface area contributed by atoms with E-state index in [1.165, 1.54) is 0 Å². The Balaban J connectivity index is 1.60. The number of nitrogens with one attached hydrogen (secondary N) is 1. The van der Waals surface area contributed by atoms with Gasteiger partial charge in [0.25, 0.3) is 0 Å². The smallest absolute Gasteiger partial charge is 0.225 e. The van der Waals surface area contributed by atoms with Crippen molar-refractivity contribution in [2.75, 3.05) is 23.3 Å². The third kappa shape index (κ3) is 4.14. The van der Waals surface area contributed by atoms with Crippen molar-refractivity contribution in [2.45, 2.75) is 51.7 Å². The Bertz CT molecular complexity index is 804. The van der Waals surface area contributed by atoms with E-state index in [1.54, 1.807) is 6.07 Å². The second-order valence-electron chi connectivity index (χ2n) is 8.27. The molecule has 0 spiro atoms. The summed E-state index contributed by atoms with van der Waals surface area (Å²) in [6.07, 6.45) is 5.16. The first-order valence-corrected chi connectivity index (χ1v) is 9.82. The second kappa shape index (κ2) is 7.20. The molecule has 27 heavy (non-hydrogen) atoms. The Labute approximate surface area is 164 Å². The van der Waals surface area contributed by atoms with Gasteiger partial charge in [0.15, 0.2) is 5.15 Å². The number of piperidine rings is 1. The first kappa shape index (κ1) is 18.4. The van der Waals surface area contributed by atoms with E-state index in [9.17, 15) is 5.11 Å². The molecule has 1 aliphatic heterocycles. The van der Waals surface area contributed by atoms with Crippen LogP contribution < -0.4 is 10.2 Å². The zero-order chi connectivity index (χ0) is 19.0. The Morgan fingerprint density at radius 3 is 2.70 bits per heavy atom. The van der Waals surface area contributed by atoms with E-state index in [0.29, 0.717) is 11.0 Å². The molecule has 0 aromatic carbocycles. The molecule has 1 unspecified atom stereocenters. The Hall–Kier alpha value is -1.99. The molecule has 2 N–H and O–H groups in total. The molecule has 4 rings (SSSR count). The Morgan fingerprint density at radius 2 is 2.00 bits per heavy atom. The van der Waals surface area contributed by atoms with Crippen LogP contribution in [-0.4, -0.2) is 44.5 Å². The summed E-state index contributed by atoms with van der Waals surface area (Å²) in [6, 6.07) is 3.65. The lowest BCUT2D eigenvalue weighted by Gasteiger charge is -2.37. The van der Waals surface area contributed by atoms with Gasteiger partial charge in [-0.25, -0.2) is 9.97 Å². The number of fused-ring (bicyclic) bond motifs is 1. The summed E-state index contributed by atoms with van der Waals surface area (Å²) in [5.41, 5.74) is 2.32. The van der Waals surface area contributed by atoms with Gasteiger partial charge in [-0.15, -0.1) is 10.2 Å². The molecular weight excluding hydrogens is 364 g/mol. The van der Waals surface area contributed by atoms with Gasteiger partial charge in [0.05, 0.1) is 17.8 Å². The average Bonchev–Trinajstić information content (AvgIpc) is 2.63. The Kier molecular flexibility index (Phi) is 4.90. The highest BCUT2D eigenvalue weighted by Gasteiger charge is 2.34. The fourth-order valence-corrected chi connectivity index (χ4v) is 4.06. The first-order chi connectivity index (χ1) is 12.9. The summed E-state index contributed by atoms with van der Waals surface area (Å²) in [7, 11) is 0. The van der Waals surface area contributed by atoms with Crippen molar-refractivity contribution in [1.29, 1.82) is 0 Å². The Morgan fingerprint density at radius 1 is 1.22 bits per heavy atom. The maximum absolute atomic E-state index is 9.73. The monoisotopic (exact) mass is 388 g/mol. The van der Waals surface area contributed by atoms with E-state index in [4.69, 9.17) is 16.6 Å². The molecule has 8 heteroatoms. The third-order valence-corrected chi connectivity index (χ3v) is 5.57. The number of halogens is 1. The standard InChI is InChI=1S/C19H25ClN6O/c1-19(2)9-14(22-17-4-3-16(20)24-25-17)13-11-21-18(23-15(13)10-19)26-7-5-12(27)6-8-26/h3-4,11-12,14,27H,5-10H2,1-2H3,(H,22,25). The van der Waals surface area contributed by atoms with Gasteiger partial charge < -0.3 is 15.3 Å². The van der Waals surface area contributed by atoms with Gasteiger partial charge in [-0.2, -0.15) is 0 Å². The number of nitrogens with zero attached hydrogens (tertiary/aromatic N) is 5. The maximum Gasteiger partial charge on any atom is 0.225 e. The molecule has 0 bridgehead atoms. The predicted octanol–water partition coefficient (Wildman–Crippen LogP) is 3.01. The number of anilines is 2. The summed E-state index contributed by atoms with van der Waals surface area (Å²) in [4.78, 5) is 11.7. The number of hydrogen-bond acceptors (Lipinski definition) is 7. The average molecular weight is 389 g/mol. The fraction of sp³-hybridized carbons (Fsp3) is 0.579. The van der Waals surface area contributed by atoms with E-state index >= 15 is 0 Å². The van der Waals surface area contributed by atoms with Crippen molar-refractivity contribution in [2.24, 2.45) is 5.41 Å². The molecule has 2 aliphatic rings. The maximum atomic E-state index is 9.73. The molecule has 144 valence electrons. The minimum Gasteiger partial charge on any atom is -0.393 e. The fourth-order valence-electron chi connectivity index (χ4n) is 3.96. The highest BCUT2D eigenvalue weighted by atomic mass is 35.5. The first-order valence-electron chi connectivity index (χ1n) is 9.44. The van der Waals surface area contributed by atoms with Gasteiger partial charge in [-0.05, 0) is 43.2 Å². The van der Waals surface area contributed by atoms with E-state index < -0.39 is 0 Å². The SMILES string of the molecule is CC1(C)Cc2nc(N3CCC(O)CC3)ncc2C(Nc2ccc(Cl)nn2)C1. The van der Waals surface area contributed by atoms with Gasteiger partial charge in [0, 0.05) is 24.8 Å². The topological polar surface area (TPSA) is 87.1 Å². The summed E-state index contributed by atoms with van der Waals surface area (Å²) in [5.74, 6) is 1.46. The van der Waals surface area contributed by atoms with Crippen LogP contribution in [0.15, 0.2) is 18.3 Å². The zero-order valence-electron chi connectivity index (χ0n) is 15.7. The largest absolute Gasteiger partial charge is 0.393 e. The molecule has 0 radical (unpaired) electrons. The van der Waals surface area contributed by atoms with Crippen molar-refractivity contribution in [1.82, 2.24) is 20.2 Å². The molecule has 1 saturated heterocycles. The summed E-state index contributed by atoms with van der Waals surface area (Å²) >= 11 is 5.84. The highest BCUT2D eigenvalue weighted by Crippen LogP contribution is 2.41. The molecule has 1 aliphatic carbocycles. The number of rotatable bonds is 3. The van der Waals surface area contributed by atoms with Gasteiger partial charge in [0.2, 0.25) is 5.95 Å². The van der Waals surface area contributed by atoms with E-state index in [1.807, 2.05) is 12.3 Å². The molecule has 0 amide bonds. The quantitative estimate of drug-likeness (QED) is 0.835. The number of hydrogen-bond donors (Lipinski definition) is 2. The number of aliphatic hydroxyl groups excluding tert-OH is 1. The van der Waals surface area contributed by atoms with Gasteiger partial charge in [0.1, 0.15) is 5.82 Å². The lowest BCUT2D eigenvalue weighted by atomic mass is 9.74. The van der Waals surface area contributed by atoms with Crippen LogP contribution >= 0.6 is 11.6 Å². The lowest BCUT2D eigenvalue weighted by molar-refractivity contribution is 0.145. The van der Waals surface area contributed by atoms with Crippen molar-refractivity contribution in [3.05, 3.63) is 34.7 Å². The number of aromatic nitrogens is 4. The molecule has 1 atom stereocenters. The number of aliphatic hydroxyl groups is 1. The van der Waals surface area contributed by atoms with Gasteiger partial charge in [-0.1, -0.05) is 25.4 Å². The van der Waals surface area contributed by atoms with Crippen LogP contribution in [0.1, 0.15) is 50.4 Å². The molecule has 0 saturated carbocycles. The van der Waals surface area contributed by atoms with Gasteiger partial charge >= 0.3 is 0 Å². The van der Waals surface area contributed by atoms with Crippen LogP contribution in [0.3, 0.4) is 0 Å².